The van der Waals surface area contributed by atoms with Crippen molar-refractivity contribution in [2.24, 2.45) is 0 Å². The van der Waals surface area contributed by atoms with Crippen molar-refractivity contribution < 1.29 is 18.7 Å². The highest BCUT2D eigenvalue weighted by molar-refractivity contribution is 7.21. The number of nitrogens with one attached hydrogen (secondary N) is 2. The molecule has 0 unspecified atom stereocenters. The lowest BCUT2D eigenvalue weighted by atomic mass is 10.1. The fourth-order valence-electron chi connectivity index (χ4n) is 2.44. The smallest absolute Gasteiger partial charge is 0.280 e. The van der Waals surface area contributed by atoms with Crippen LogP contribution in [0.25, 0.3) is 10.1 Å². The molecule has 3 rings (SSSR count). The first kappa shape index (κ1) is 17.9. The fourth-order valence-corrected chi connectivity index (χ4v) is 3.54. The molecule has 2 aromatic carbocycles. The summed E-state index contributed by atoms with van der Waals surface area (Å²) in [7, 11) is 0. The third kappa shape index (κ3) is 3.83. The minimum Gasteiger partial charge on any atom is -0.481 e. The molecule has 26 heavy (non-hydrogen) atoms. The first-order valence-electron chi connectivity index (χ1n) is 7.96. The Bertz CT molecular complexity index is 953. The normalized spacial score (nSPS) is 11.8. The fraction of sp³-hybridized carbons (Fsp3) is 0.158. The van der Waals surface area contributed by atoms with E-state index in [0.29, 0.717) is 10.6 Å². The number of fused-ring (bicyclic) bond motifs is 1. The predicted molar refractivity (Wildman–Crippen MR) is 98.7 cm³/mol. The van der Waals surface area contributed by atoms with Gasteiger partial charge in [0.2, 0.25) is 0 Å². The van der Waals surface area contributed by atoms with Gasteiger partial charge in [0.1, 0.15) is 11.6 Å². The van der Waals surface area contributed by atoms with E-state index in [0.717, 1.165) is 15.6 Å². The monoisotopic (exact) mass is 372 g/mol. The van der Waals surface area contributed by atoms with Crippen LogP contribution in [0.15, 0.2) is 48.5 Å². The van der Waals surface area contributed by atoms with Crippen LogP contribution in [-0.4, -0.2) is 17.9 Å². The first-order chi connectivity index (χ1) is 12.5. The van der Waals surface area contributed by atoms with Crippen molar-refractivity contribution in [2.45, 2.75) is 20.0 Å². The van der Waals surface area contributed by atoms with Crippen LogP contribution < -0.4 is 15.6 Å². The highest BCUT2D eigenvalue weighted by Crippen LogP contribution is 2.30. The Morgan fingerprint density at radius 2 is 1.77 bits per heavy atom. The maximum Gasteiger partial charge on any atom is 0.280 e. The van der Waals surface area contributed by atoms with E-state index in [9.17, 15) is 14.0 Å². The molecule has 0 spiro atoms. The van der Waals surface area contributed by atoms with Gasteiger partial charge in [0.25, 0.3) is 11.8 Å². The maximum atomic E-state index is 12.9. The number of hydrazine groups is 1. The summed E-state index contributed by atoms with van der Waals surface area (Å²) in [5, 5.41) is 1.02. The van der Waals surface area contributed by atoms with Crippen molar-refractivity contribution in [3.63, 3.8) is 0 Å². The average molecular weight is 372 g/mol. The highest BCUT2D eigenvalue weighted by Gasteiger charge is 2.18. The number of rotatable bonds is 4. The molecule has 1 atom stereocenters. The van der Waals surface area contributed by atoms with Gasteiger partial charge in [0.15, 0.2) is 6.10 Å². The first-order valence-corrected chi connectivity index (χ1v) is 8.78. The minimum atomic E-state index is -0.857. The van der Waals surface area contributed by atoms with Crippen LogP contribution in [0.3, 0.4) is 0 Å². The van der Waals surface area contributed by atoms with Gasteiger partial charge in [-0.05, 0) is 55.1 Å². The number of halogens is 1. The second-order valence-corrected chi connectivity index (χ2v) is 6.76. The van der Waals surface area contributed by atoms with E-state index < -0.39 is 12.0 Å². The van der Waals surface area contributed by atoms with E-state index in [1.807, 2.05) is 31.2 Å². The van der Waals surface area contributed by atoms with Crippen molar-refractivity contribution in [1.82, 2.24) is 10.9 Å². The van der Waals surface area contributed by atoms with Crippen LogP contribution in [-0.2, 0) is 4.79 Å². The van der Waals surface area contributed by atoms with Crippen molar-refractivity contribution >= 4 is 33.2 Å². The van der Waals surface area contributed by atoms with Gasteiger partial charge in [-0.25, -0.2) is 4.39 Å². The predicted octanol–water partition coefficient (Wildman–Crippen LogP) is 3.58. The van der Waals surface area contributed by atoms with E-state index >= 15 is 0 Å². The summed E-state index contributed by atoms with van der Waals surface area (Å²) >= 11 is 1.37. The standard InChI is InChI=1S/C19H17FN2O3S/c1-11-15-5-3-4-6-16(15)26-17(11)19(24)22-21-18(23)12(2)25-14-9-7-13(20)8-10-14/h3-10,12H,1-2H3,(H,21,23)(H,22,24)/t12-/m0/s1. The molecule has 5 nitrogen and oxygen atoms in total. The number of amides is 2. The van der Waals surface area contributed by atoms with Crippen LogP contribution >= 0.6 is 11.3 Å². The second kappa shape index (κ2) is 7.53. The number of hydrogen-bond donors (Lipinski definition) is 2. The molecule has 1 heterocycles. The Morgan fingerprint density at radius 1 is 1.08 bits per heavy atom. The number of ether oxygens (including phenoxy) is 1. The largest absolute Gasteiger partial charge is 0.481 e. The van der Waals surface area contributed by atoms with Gasteiger partial charge >= 0.3 is 0 Å². The third-order valence-electron chi connectivity index (χ3n) is 3.84. The lowest BCUT2D eigenvalue weighted by Gasteiger charge is -2.15. The van der Waals surface area contributed by atoms with Gasteiger partial charge in [0.05, 0.1) is 4.88 Å². The number of aryl methyl sites for hydroxylation is 1. The second-order valence-electron chi connectivity index (χ2n) is 5.71. The molecular formula is C19H17FN2O3S. The van der Waals surface area contributed by atoms with Gasteiger partial charge in [-0.2, -0.15) is 0 Å². The van der Waals surface area contributed by atoms with Crippen LogP contribution in [0, 0.1) is 12.7 Å². The number of hydrogen-bond acceptors (Lipinski definition) is 4. The van der Waals surface area contributed by atoms with Crippen LogP contribution in [0.4, 0.5) is 4.39 Å². The van der Waals surface area contributed by atoms with Gasteiger partial charge in [-0.3, -0.25) is 20.4 Å². The lowest BCUT2D eigenvalue weighted by molar-refractivity contribution is -0.128. The third-order valence-corrected chi connectivity index (χ3v) is 5.12. The van der Waals surface area contributed by atoms with Gasteiger partial charge in [-0.1, -0.05) is 18.2 Å². The van der Waals surface area contributed by atoms with E-state index in [-0.39, 0.29) is 11.7 Å². The molecule has 0 aliphatic rings. The van der Waals surface area contributed by atoms with E-state index in [1.165, 1.54) is 42.5 Å². The van der Waals surface area contributed by atoms with Crippen LogP contribution in [0.2, 0.25) is 0 Å². The van der Waals surface area contributed by atoms with Crippen molar-refractivity contribution in [3.05, 3.63) is 64.8 Å². The molecule has 2 N–H and O–H groups in total. The Labute approximate surface area is 153 Å². The zero-order valence-corrected chi connectivity index (χ0v) is 15.0. The maximum absolute atomic E-state index is 12.9. The van der Waals surface area contributed by atoms with E-state index in [2.05, 4.69) is 10.9 Å². The van der Waals surface area contributed by atoms with Crippen molar-refractivity contribution in [3.8, 4) is 5.75 Å². The molecule has 0 saturated heterocycles. The Morgan fingerprint density at radius 3 is 2.46 bits per heavy atom. The van der Waals surface area contributed by atoms with Gasteiger partial charge in [-0.15, -0.1) is 11.3 Å². The summed E-state index contributed by atoms with van der Waals surface area (Å²) in [6.07, 6.45) is -0.857. The van der Waals surface area contributed by atoms with Crippen molar-refractivity contribution in [1.29, 1.82) is 0 Å². The molecule has 0 radical (unpaired) electrons. The minimum absolute atomic E-state index is 0.362. The highest BCUT2D eigenvalue weighted by atomic mass is 32.1. The molecule has 1 aromatic heterocycles. The Hall–Kier alpha value is -2.93. The summed E-state index contributed by atoms with van der Waals surface area (Å²) in [4.78, 5) is 25.0. The molecule has 7 heteroatoms. The molecule has 134 valence electrons. The summed E-state index contributed by atoms with van der Waals surface area (Å²) in [5.74, 6) is -0.923. The number of thiophene rings is 1. The van der Waals surface area contributed by atoms with E-state index in [1.54, 1.807) is 0 Å². The van der Waals surface area contributed by atoms with Crippen LogP contribution in [0.1, 0.15) is 22.2 Å². The topological polar surface area (TPSA) is 67.4 Å². The van der Waals surface area contributed by atoms with Gasteiger partial charge < -0.3 is 4.74 Å². The average Bonchev–Trinajstić information content (AvgIpc) is 2.98. The molecule has 0 bridgehead atoms. The molecular weight excluding hydrogens is 355 g/mol. The SMILES string of the molecule is Cc1c(C(=O)NNC(=O)[C@H](C)Oc2ccc(F)cc2)sc2ccccc12. The van der Waals surface area contributed by atoms with Crippen molar-refractivity contribution in [2.75, 3.05) is 0 Å². The summed E-state index contributed by atoms with van der Waals surface area (Å²) in [6.45, 7) is 3.41. The summed E-state index contributed by atoms with van der Waals surface area (Å²) in [5.41, 5.74) is 5.63. The molecule has 0 saturated carbocycles. The zero-order chi connectivity index (χ0) is 18.7. The molecule has 0 fully saturated rings. The number of benzene rings is 2. The number of carbonyl (C=O) groups is 2. The Balaban J connectivity index is 1.60. The van der Waals surface area contributed by atoms with E-state index in [4.69, 9.17) is 4.74 Å². The Kier molecular flexibility index (Phi) is 5.18. The molecule has 0 aliphatic heterocycles. The van der Waals surface area contributed by atoms with Crippen LogP contribution in [0.5, 0.6) is 5.75 Å². The quantitative estimate of drug-likeness (QED) is 0.688. The summed E-state index contributed by atoms with van der Waals surface area (Å²) < 4.78 is 19.3. The van der Waals surface area contributed by atoms with Gasteiger partial charge in [0, 0.05) is 4.70 Å². The zero-order valence-electron chi connectivity index (χ0n) is 14.2. The molecule has 2 amide bonds. The molecule has 3 aromatic rings. The summed E-state index contributed by atoms with van der Waals surface area (Å²) in [6, 6.07) is 13.1. The number of carbonyl (C=O) groups excluding carboxylic acids is 2. The lowest BCUT2D eigenvalue weighted by Crippen LogP contribution is -2.47. The molecule has 0 aliphatic carbocycles.